The first kappa shape index (κ1) is 22.4. The van der Waals surface area contributed by atoms with E-state index in [0.29, 0.717) is 10.0 Å². The number of hydrogen-bond donors (Lipinski definition) is 0. The molecule has 2 aromatic rings. The Morgan fingerprint density at radius 3 is 2.74 bits per heavy atom. The molecule has 0 N–H and O–H groups in total. The van der Waals surface area contributed by atoms with E-state index in [1.807, 2.05) is 0 Å². The van der Waals surface area contributed by atoms with Gasteiger partial charge < -0.3 is 14.2 Å². The monoisotopic (exact) mass is 508 g/mol. The van der Waals surface area contributed by atoms with Crippen LogP contribution in [0.4, 0.5) is 5.69 Å². The van der Waals surface area contributed by atoms with E-state index in [4.69, 9.17) is 25.8 Å². The summed E-state index contributed by atoms with van der Waals surface area (Å²) in [7, 11) is 1.41. The highest BCUT2D eigenvalue weighted by molar-refractivity contribution is 9.10. The molecule has 0 saturated heterocycles. The van der Waals surface area contributed by atoms with Crippen molar-refractivity contribution in [2.75, 3.05) is 7.11 Å². The summed E-state index contributed by atoms with van der Waals surface area (Å²) in [5.74, 6) is -0.871. The zero-order valence-corrected chi connectivity index (χ0v) is 18.5. The van der Waals surface area contributed by atoms with Crippen molar-refractivity contribution in [3.63, 3.8) is 0 Å². The second-order valence-electron chi connectivity index (χ2n) is 6.12. The largest absolute Gasteiger partial charge is 0.493 e. The lowest BCUT2D eigenvalue weighted by Crippen LogP contribution is -2.07. The number of ether oxygens (including phenoxy) is 3. The number of esters is 2. The molecule has 160 valence electrons. The van der Waals surface area contributed by atoms with Crippen LogP contribution >= 0.6 is 27.5 Å². The fraction of sp³-hybridized carbons (Fsp3) is 0.150. The maximum atomic E-state index is 12.3. The first-order chi connectivity index (χ1) is 14.7. The fourth-order valence-corrected chi connectivity index (χ4v) is 3.32. The summed E-state index contributed by atoms with van der Waals surface area (Å²) in [4.78, 5) is 38.5. The molecule has 1 aliphatic heterocycles. The number of halogens is 2. The minimum atomic E-state index is -0.755. The Bertz CT molecular complexity index is 1160. The second kappa shape index (κ2) is 9.27. The molecule has 3 rings (SSSR count). The van der Waals surface area contributed by atoms with Crippen LogP contribution in [-0.2, 0) is 14.3 Å². The molecule has 0 aromatic heterocycles. The minimum absolute atomic E-state index is 0.0511. The molecule has 0 bridgehead atoms. The molecule has 0 unspecified atom stereocenters. The molecule has 1 heterocycles. The number of benzene rings is 2. The molecule has 1 aliphatic rings. The highest BCUT2D eigenvalue weighted by atomic mass is 79.9. The Kier molecular flexibility index (Phi) is 6.71. The average molecular weight is 510 g/mol. The first-order valence-corrected chi connectivity index (χ1v) is 9.95. The highest BCUT2D eigenvalue weighted by Crippen LogP contribution is 2.38. The van der Waals surface area contributed by atoms with Crippen LogP contribution in [0.3, 0.4) is 0 Å². The fourth-order valence-electron chi connectivity index (χ4n) is 2.58. The number of nitro benzene ring substituents is 1. The maximum Gasteiger partial charge on any atom is 0.363 e. The number of carbonyl (C=O) groups is 2. The number of aliphatic imine (C=N–C) groups is 1. The number of hydrogen-bond acceptors (Lipinski definition) is 8. The lowest BCUT2D eigenvalue weighted by Gasteiger charge is -2.11. The van der Waals surface area contributed by atoms with Gasteiger partial charge in [0.25, 0.3) is 5.69 Å². The Balaban J connectivity index is 1.99. The third-order valence-electron chi connectivity index (χ3n) is 4.07. The second-order valence-corrected chi connectivity index (χ2v) is 7.38. The van der Waals surface area contributed by atoms with Gasteiger partial charge in [-0.3, -0.25) is 14.9 Å². The van der Waals surface area contributed by atoms with E-state index in [2.05, 4.69) is 20.9 Å². The van der Waals surface area contributed by atoms with Crippen molar-refractivity contribution >= 4 is 57.1 Å². The van der Waals surface area contributed by atoms with Crippen molar-refractivity contribution in [2.24, 2.45) is 4.99 Å². The maximum absolute atomic E-state index is 12.3. The van der Waals surface area contributed by atoms with Gasteiger partial charge in [-0.05, 0) is 45.8 Å². The van der Waals surface area contributed by atoms with E-state index in [9.17, 15) is 19.7 Å². The van der Waals surface area contributed by atoms with Crippen molar-refractivity contribution in [2.45, 2.75) is 13.3 Å². The van der Waals surface area contributed by atoms with Gasteiger partial charge in [0.15, 0.2) is 17.2 Å². The summed E-state index contributed by atoms with van der Waals surface area (Å²) in [5.41, 5.74) is 0.349. The van der Waals surface area contributed by atoms with Crippen LogP contribution in [0, 0.1) is 10.1 Å². The number of nitrogens with zero attached hydrogens (tertiary/aromatic N) is 2. The standard InChI is InChI=1S/C20H14BrClN2O7/c1-3-17(25)30-18-13(21)6-10(8-16(18)29-2)7-15-20(26)31-19(23-15)12-9-11(24(27)28)4-5-14(12)22/h4-9H,3H2,1-2H3/b15-7-. The van der Waals surface area contributed by atoms with E-state index in [1.54, 1.807) is 19.1 Å². The first-order valence-electron chi connectivity index (χ1n) is 8.78. The van der Waals surface area contributed by atoms with Gasteiger partial charge in [-0.25, -0.2) is 9.79 Å². The van der Waals surface area contributed by atoms with Crippen LogP contribution in [0.1, 0.15) is 24.5 Å². The zero-order chi connectivity index (χ0) is 22.7. The van der Waals surface area contributed by atoms with Gasteiger partial charge in [0.2, 0.25) is 5.90 Å². The topological polar surface area (TPSA) is 117 Å². The SMILES string of the molecule is CCC(=O)Oc1c(Br)cc(/C=C2\N=C(c3cc([N+](=O)[O-])ccc3Cl)OC2=O)cc1OC. The number of non-ortho nitro benzene ring substituents is 1. The van der Waals surface area contributed by atoms with Gasteiger partial charge in [0, 0.05) is 18.6 Å². The van der Waals surface area contributed by atoms with Crippen molar-refractivity contribution in [3.05, 3.63) is 66.8 Å². The average Bonchev–Trinajstić information content (AvgIpc) is 3.09. The molecule has 0 spiro atoms. The molecule has 0 saturated carbocycles. The predicted octanol–water partition coefficient (Wildman–Crippen LogP) is 4.68. The van der Waals surface area contributed by atoms with Gasteiger partial charge >= 0.3 is 11.9 Å². The van der Waals surface area contributed by atoms with Crippen molar-refractivity contribution in [1.29, 1.82) is 0 Å². The Morgan fingerprint density at radius 1 is 1.35 bits per heavy atom. The number of nitro groups is 1. The van der Waals surface area contributed by atoms with E-state index < -0.39 is 16.9 Å². The summed E-state index contributed by atoms with van der Waals surface area (Å²) in [6.07, 6.45) is 1.62. The van der Waals surface area contributed by atoms with Gasteiger partial charge in [-0.2, -0.15) is 0 Å². The predicted molar refractivity (Wildman–Crippen MR) is 115 cm³/mol. The summed E-state index contributed by atoms with van der Waals surface area (Å²) in [5, 5.41) is 11.2. The van der Waals surface area contributed by atoms with Crippen LogP contribution in [0.2, 0.25) is 5.02 Å². The summed E-state index contributed by atoms with van der Waals surface area (Å²) in [6, 6.07) is 6.89. The number of methoxy groups -OCH3 is 1. The van der Waals surface area contributed by atoms with E-state index in [-0.39, 0.29) is 45.8 Å². The number of carbonyl (C=O) groups excluding carboxylic acids is 2. The molecule has 0 amide bonds. The quantitative estimate of drug-likeness (QED) is 0.182. The van der Waals surface area contributed by atoms with Crippen molar-refractivity contribution in [1.82, 2.24) is 0 Å². The molecule has 0 fully saturated rings. The summed E-state index contributed by atoms with van der Waals surface area (Å²) < 4.78 is 16.1. The van der Waals surface area contributed by atoms with Gasteiger partial charge in [-0.1, -0.05) is 18.5 Å². The third kappa shape index (κ3) is 4.92. The van der Waals surface area contributed by atoms with Gasteiger partial charge in [0.05, 0.1) is 27.1 Å². The van der Waals surface area contributed by atoms with Crippen molar-refractivity contribution in [3.8, 4) is 11.5 Å². The molecular weight excluding hydrogens is 496 g/mol. The van der Waals surface area contributed by atoms with E-state index in [0.717, 1.165) is 0 Å². The Hall–Kier alpha value is -3.24. The van der Waals surface area contributed by atoms with Crippen LogP contribution in [0.25, 0.3) is 6.08 Å². The van der Waals surface area contributed by atoms with Crippen LogP contribution in [0.5, 0.6) is 11.5 Å². The molecule has 11 heteroatoms. The summed E-state index contributed by atoms with van der Waals surface area (Å²) in [6.45, 7) is 1.66. The van der Waals surface area contributed by atoms with Gasteiger partial charge in [0.1, 0.15) is 0 Å². The number of rotatable bonds is 6. The Labute approximate surface area is 189 Å². The smallest absolute Gasteiger partial charge is 0.363 e. The molecule has 0 radical (unpaired) electrons. The third-order valence-corrected chi connectivity index (χ3v) is 4.99. The highest BCUT2D eigenvalue weighted by Gasteiger charge is 2.27. The normalized spacial score (nSPS) is 14.3. The van der Waals surface area contributed by atoms with Crippen LogP contribution in [-0.4, -0.2) is 29.9 Å². The molecular formula is C20H14BrClN2O7. The molecule has 9 nitrogen and oxygen atoms in total. The summed E-state index contributed by atoms with van der Waals surface area (Å²) >= 11 is 9.41. The molecule has 31 heavy (non-hydrogen) atoms. The lowest BCUT2D eigenvalue weighted by atomic mass is 10.1. The van der Waals surface area contributed by atoms with Gasteiger partial charge in [-0.15, -0.1) is 0 Å². The zero-order valence-electron chi connectivity index (χ0n) is 16.2. The number of cyclic esters (lactones) is 1. The van der Waals surface area contributed by atoms with Crippen LogP contribution in [0.15, 0.2) is 45.5 Å². The van der Waals surface area contributed by atoms with Crippen LogP contribution < -0.4 is 9.47 Å². The molecule has 0 aliphatic carbocycles. The van der Waals surface area contributed by atoms with Crippen molar-refractivity contribution < 1.29 is 28.7 Å². The van der Waals surface area contributed by atoms with E-state index >= 15 is 0 Å². The van der Waals surface area contributed by atoms with E-state index in [1.165, 1.54) is 31.4 Å². The Morgan fingerprint density at radius 2 is 2.10 bits per heavy atom. The minimum Gasteiger partial charge on any atom is -0.493 e. The molecule has 0 atom stereocenters. The molecule has 2 aromatic carbocycles. The lowest BCUT2D eigenvalue weighted by molar-refractivity contribution is -0.384.